The number of nitrogens with zero attached hydrogens (tertiary/aromatic N) is 2. The Morgan fingerprint density at radius 1 is 1.16 bits per heavy atom. The maximum atomic E-state index is 11.8. The van der Waals surface area contributed by atoms with Crippen LogP contribution >= 0.6 is 0 Å². The van der Waals surface area contributed by atoms with E-state index in [1.165, 1.54) is 13.8 Å². The van der Waals surface area contributed by atoms with Crippen LogP contribution in [0.3, 0.4) is 0 Å². The summed E-state index contributed by atoms with van der Waals surface area (Å²) in [6.07, 6.45) is 0.493. The number of ketones is 1. The standard InChI is InChI=1S/C18H24N4O3/c1-11(23)18(3,4)17-22-21-16(25-17)15(20-12(2)24)9-13-5-7-14(10-19)8-6-13/h5-8,15H,9-10,19H2,1-4H3,(H,20,24)/t15-/m0/s1. The van der Waals surface area contributed by atoms with Gasteiger partial charge in [-0.2, -0.15) is 0 Å². The second kappa shape index (κ2) is 7.57. The molecule has 2 aromatic rings. The van der Waals surface area contributed by atoms with Crippen LogP contribution in [0.4, 0.5) is 0 Å². The first kappa shape index (κ1) is 18.8. The average molecular weight is 344 g/mol. The van der Waals surface area contributed by atoms with Crippen LogP contribution in [0.2, 0.25) is 0 Å². The van der Waals surface area contributed by atoms with Crippen LogP contribution in [0, 0.1) is 0 Å². The van der Waals surface area contributed by atoms with Crippen molar-refractivity contribution in [3.8, 4) is 0 Å². The monoisotopic (exact) mass is 344 g/mol. The van der Waals surface area contributed by atoms with E-state index in [9.17, 15) is 9.59 Å². The zero-order valence-corrected chi connectivity index (χ0v) is 15.0. The summed E-state index contributed by atoms with van der Waals surface area (Å²) in [6.45, 7) is 6.84. The summed E-state index contributed by atoms with van der Waals surface area (Å²) in [5, 5.41) is 10.9. The van der Waals surface area contributed by atoms with Crippen LogP contribution in [0.15, 0.2) is 28.7 Å². The van der Waals surface area contributed by atoms with Crippen LogP contribution in [0.1, 0.15) is 56.6 Å². The molecule has 1 amide bonds. The minimum absolute atomic E-state index is 0.0730. The molecule has 0 saturated heterocycles. The molecule has 0 unspecified atom stereocenters. The van der Waals surface area contributed by atoms with Crippen molar-refractivity contribution in [2.45, 2.75) is 52.1 Å². The topological polar surface area (TPSA) is 111 Å². The number of benzene rings is 1. The van der Waals surface area contributed by atoms with E-state index in [0.717, 1.165) is 11.1 Å². The van der Waals surface area contributed by atoms with Crippen molar-refractivity contribution in [3.63, 3.8) is 0 Å². The molecule has 1 atom stereocenters. The molecule has 1 aromatic carbocycles. The van der Waals surface area contributed by atoms with Crippen molar-refractivity contribution in [1.82, 2.24) is 15.5 Å². The van der Waals surface area contributed by atoms with Gasteiger partial charge in [0.15, 0.2) is 0 Å². The number of rotatable bonds is 7. The highest BCUT2D eigenvalue weighted by molar-refractivity contribution is 5.85. The van der Waals surface area contributed by atoms with Crippen LogP contribution in [-0.2, 0) is 28.0 Å². The molecular formula is C18H24N4O3. The predicted molar refractivity (Wildman–Crippen MR) is 92.6 cm³/mol. The molecule has 7 nitrogen and oxygen atoms in total. The van der Waals surface area contributed by atoms with E-state index in [0.29, 0.717) is 13.0 Å². The SMILES string of the molecule is CC(=O)N[C@@H](Cc1ccc(CN)cc1)c1nnc(C(C)(C)C(C)=O)o1. The third kappa shape index (κ3) is 4.51. The second-order valence-electron chi connectivity index (χ2n) is 6.60. The maximum absolute atomic E-state index is 11.8. The molecule has 3 N–H and O–H groups in total. The minimum Gasteiger partial charge on any atom is -0.422 e. The van der Waals surface area contributed by atoms with Gasteiger partial charge in [-0.1, -0.05) is 24.3 Å². The highest BCUT2D eigenvalue weighted by atomic mass is 16.4. The number of nitrogens with one attached hydrogen (secondary N) is 1. The van der Waals surface area contributed by atoms with Gasteiger partial charge in [-0.05, 0) is 31.9 Å². The average Bonchev–Trinajstić information content (AvgIpc) is 3.05. The number of Topliss-reactive ketones (excluding diaryl/α,β-unsaturated/α-hetero) is 1. The molecule has 0 saturated carbocycles. The zero-order valence-electron chi connectivity index (χ0n) is 15.0. The largest absolute Gasteiger partial charge is 0.422 e. The first-order valence-electron chi connectivity index (χ1n) is 8.14. The van der Waals surface area contributed by atoms with Gasteiger partial charge in [0.2, 0.25) is 17.7 Å². The Kier molecular flexibility index (Phi) is 5.69. The summed E-state index contributed by atoms with van der Waals surface area (Å²) in [5.74, 6) is 0.247. The fraction of sp³-hybridized carbons (Fsp3) is 0.444. The fourth-order valence-corrected chi connectivity index (χ4v) is 2.27. The molecule has 1 aromatic heterocycles. The van der Waals surface area contributed by atoms with E-state index in [4.69, 9.17) is 10.2 Å². The van der Waals surface area contributed by atoms with E-state index in [1.54, 1.807) is 13.8 Å². The normalized spacial score (nSPS) is 12.7. The predicted octanol–water partition coefficient (Wildman–Crippen LogP) is 1.81. The van der Waals surface area contributed by atoms with Crippen molar-refractivity contribution in [1.29, 1.82) is 0 Å². The van der Waals surface area contributed by atoms with Gasteiger partial charge in [0.05, 0.1) is 0 Å². The summed E-state index contributed by atoms with van der Waals surface area (Å²) in [7, 11) is 0. The second-order valence-corrected chi connectivity index (χ2v) is 6.60. The molecule has 7 heteroatoms. The molecule has 0 aliphatic heterocycles. The number of carbonyl (C=O) groups excluding carboxylic acids is 2. The Morgan fingerprint density at radius 2 is 1.76 bits per heavy atom. The highest BCUT2D eigenvalue weighted by Crippen LogP contribution is 2.26. The van der Waals surface area contributed by atoms with Crippen LogP contribution in [0.25, 0.3) is 0 Å². The first-order valence-corrected chi connectivity index (χ1v) is 8.14. The fourth-order valence-electron chi connectivity index (χ4n) is 2.27. The number of hydrogen-bond acceptors (Lipinski definition) is 6. The van der Waals surface area contributed by atoms with Crippen LogP contribution in [0.5, 0.6) is 0 Å². The molecular weight excluding hydrogens is 320 g/mol. The molecule has 0 aliphatic carbocycles. The van der Waals surface area contributed by atoms with Gasteiger partial charge < -0.3 is 15.5 Å². The quantitative estimate of drug-likeness (QED) is 0.792. The van der Waals surface area contributed by atoms with Gasteiger partial charge in [-0.3, -0.25) is 9.59 Å². The highest BCUT2D eigenvalue weighted by Gasteiger charge is 2.33. The van der Waals surface area contributed by atoms with Crippen molar-refractivity contribution < 1.29 is 14.0 Å². The van der Waals surface area contributed by atoms with Crippen molar-refractivity contribution in [3.05, 3.63) is 47.2 Å². The van der Waals surface area contributed by atoms with Crippen molar-refractivity contribution >= 4 is 11.7 Å². The smallest absolute Gasteiger partial charge is 0.239 e. The van der Waals surface area contributed by atoms with E-state index < -0.39 is 11.5 Å². The lowest BCUT2D eigenvalue weighted by Crippen LogP contribution is -2.28. The van der Waals surface area contributed by atoms with Gasteiger partial charge in [0.25, 0.3) is 0 Å². The number of aromatic nitrogens is 2. The van der Waals surface area contributed by atoms with Gasteiger partial charge >= 0.3 is 0 Å². The third-order valence-electron chi connectivity index (χ3n) is 4.23. The van der Waals surface area contributed by atoms with E-state index >= 15 is 0 Å². The van der Waals surface area contributed by atoms with Gasteiger partial charge in [-0.25, -0.2) is 0 Å². The molecule has 1 heterocycles. The Bertz CT molecular complexity index is 750. The molecule has 0 fully saturated rings. The molecule has 0 bridgehead atoms. The Labute approximate surface area is 147 Å². The van der Waals surface area contributed by atoms with Gasteiger partial charge in [-0.15, -0.1) is 10.2 Å². The maximum Gasteiger partial charge on any atom is 0.239 e. The Balaban J connectivity index is 2.26. The van der Waals surface area contributed by atoms with Gasteiger partial charge in [0.1, 0.15) is 17.2 Å². The number of hydrogen-bond donors (Lipinski definition) is 2. The van der Waals surface area contributed by atoms with E-state index in [-0.39, 0.29) is 23.5 Å². The summed E-state index contributed by atoms with van der Waals surface area (Å²) >= 11 is 0. The third-order valence-corrected chi connectivity index (χ3v) is 4.23. The molecule has 25 heavy (non-hydrogen) atoms. The summed E-state index contributed by atoms with van der Waals surface area (Å²) in [5.41, 5.74) is 6.77. The Hall–Kier alpha value is -2.54. The lowest BCUT2D eigenvalue weighted by Gasteiger charge is -2.17. The number of amides is 1. The summed E-state index contributed by atoms with van der Waals surface area (Å²) in [6, 6.07) is 7.32. The zero-order chi connectivity index (χ0) is 18.6. The molecule has 0 aliphatic rings. The summed E-state index contributed by atoms with van der Waals surface area (Å²) < 4.78 is 5.71. The van der Waals surface area contributed by atoms with E-state index in [2.05, 4.69) is 15.5 Å². The molecule has 134 valence electrons. The van der Waals surface area contributed by atoms with Crippen LogP contribution < -0.4 is 11.1 Å². The minimum atomic E-state index is -0.866. The first-order chi connectivity index (χ1) is 11.7. The molecule has 2 rings (SSSR count). The number of carbonyl (C=O) groups is 2. The Morgan fingerprint density at radius 3 is 2.28 bits per heavy atom. The molecule has 0 spiro atoms. The van der Waals surface area contributed by atoms with Gasteiger partial charge in [0, 0.05) is 19.9 Å². The van der Waals surface area contributed by atoms with E-state index in [1.807, 2.05) is 24.3 Å². The molecule has 0 radical (unpaired) electrons. The lowest BCUT2D eigenvalue weighted by atomic mass is 9.89. The number of nitrogens with two attached hydrogens (primary N) is 1. The van der Waals surface area contributed by atoms with Crippen molar-refractivity contribution in [2.75, 3.05) is 0 Å². The van der Waals surface area contributed by atoms with Crippen LogP contribution in [-0.4, -0.2) is 21.9 Å². The summed E-state index contributed by atoms with van der Waals surface area (Å²) in [4.78, 5) is 23.3. The van der Waals surface area contributed by atoms with Crippen molar-refractivity contribution in [2.24, 2.45) is 5.73 Å². The lowest BCUT2D eigenvalue weighted by molar-refractivity contribution is -0.122.